The Balaban J connectivity index is 1.92. The van der Waals surface area contributed by atoms with E-state index in [0.29, 0.717) is 0 Å². The number of nitrogens with one attached hydrogen (secondary N) is 1. The van der Waals surface area contributed by atoms with Crippen molar-refractivity contribution >= 4 is 23.1 Å². The third kappa shape index (κ3) is 2.81. The molecule has 1 aliphatic heterocycles. The van der Waals surface area contributed by atoms with Crippen LogP contribution in [0.15, 0.2) is 36.0 Å². The first-order valence-corrected chi connectivity index (χ1v) is 9.24. The Kier molecular flexibility index (Phi) is 3.80. The number of pyridine rings is 1. The van der Waals surface area contributed by atoms with E-state index in [9.17, 15) is 0 Å². The van der Waals surface area contributed by atoms with Gasteiger partial charge in [-0.2, -0.15) is 0 Å². The Morgan fingerprint density at radius 2 is 2.04 bits per heavy atom. The van der Waals surface area contributed by atoms with Gasteiger partial charge >= 0.3 is 0 Å². The minimum Gasteiger partial charge on any atom is -0.398 e. The lowest BCUT2D eigenvalue weighted by Crippen LogP contribution is -2.27. The van der Waals surface area contributed by atoms with Crippen LogP contribution in [0.5, 0.6) is 0 Å². The van der Waals surface area contributed by atoms with Crippen LogP contribution in [0.25, 0.3) is 0 Å². The summed E-state index contributed by atoms with van der Waals surface area (Å²) in [4.78, 5) is 4.96. The lowest BCUT2D eigenvalue weighted by Gasteiger charge is -2.35. The Morgan fingerprint density at radius 1 is 1.28 bits per heavy atom. The maximum atomic E-state index is 6.72. The largest absolute Gasteiger partial charge is 0.398 e. The molecule has 25 heavy (non-hydrogen) atoms. The van der Waals surface area contributed by atoms with E-state index in [1.807, 2.05) is 18.2 Å². The number of nitrogen functional groups attached to an aromatic ring is 1. The molecule has 2 aliphatic rings. The summed E-state index contributed by atoms with van der Waals surface area (Å²) in [5.74, 6) is 0.925. The molecular weight excluding hydrogens is 330 g/mol. The summed E-state index contributed by atoms with van der Waals surface area (Å²) < 4.78 is 0. The summed E-state index contributed by atoms with van der Waals surface area (Å²) in [6.45, 7) is 6.68. The third-order valence-electron chi connectivity index (χ3n) is 5.44. The lowest BCUT2D eigenvalue weighted by atomic mass is 9.74. The summed E-state index contributed by atoms with van der Waals surface area (Å²) in [5, 5.41) is 4.18. The Bertz CT molecular complexity index is 883. The van der Waals surface area contributed by atoms with Gasteiger partial charge in [-0.25, -0.2) is 4.98 Å². The van der Waals surface area contributed by atoms with Gasteiger partial charge in [-0.15, -0.1) is 0 Å². The molecule has 130 valence electrons. The number of nitrogens with two attached hydrogens (primary N) is 1. The molecule has 0 saturated heterocycles. The van der Waals surface area contributed by atoms with Crippen LogP contribution >= 0.6 is 11.6 Å². The van der Waals surface area contributed by atoms with Crippen molar-refractivity contribution in [2.45, 2.75) is 46.0 Å². The van der Waals surface area contributed by atoms with Crippen LogP contribution in [0.1, 0.15) is 55.5 Å². The fourth-order valence-corrected chi connectivity index (χ4v) is 4.33. The zero-order valence-corrected chi connectivity index (χ0v) is 15.7. The van der Waals surface area contributed by atoms with Crippen LogP contribution in [0, 0.1) is 5.41 Å². The molecule has 0 spiro atoms. The van der Waals surface area contributed by atoms with Crippen molar-refractivity contribution in [3.8, 4) is 0 Å². The van der Waals surface area contributed by atoms with Gasteiger partial charge in [0.2, 0.25) is 0 Å². The Labute approximate surface area is 154 Å². The second kappa shape index (κ2) is 5.77. The van der Waals surface area contributed by atoms with Crippen molar-refractivity contribution < 1.29 is 0 Å². The number of rotatable bonds is 1. The fraction of sp³-hybridized carbons (Fsp3) is 0.381. The average Bonchev–Trinajstić information content (AvgIpc) is 2.55. The van der Waals surface area contributed by atoms with E-state index in [1.54, 1.807) is 0 Å². The maximum absolute atomic E-state index is 6.72. The van der Waals surface area contributed by atoms with Gasteiger partial charge in [0.05, 0.1) is 0 Å². The molecule has 4 rings (SSSR count). The van der Waals surface area contributed by atoms with Gasteiger partial charge in [0.1, 0.15) is 5.82 Å². The molecule has 3 nitrogen and oxygen atoms in total. The smallest absolute Gasteiger partial charge is 0.136 e. The number of aryl methyl sites for hydroxylation is 1. The number of hydrogen-bond donors (Lipinski definition) is 2. The van der Waals surface area contributed by atoms with Gasteiger partial charge in [0.25, 0.3) is 0 Å². The van der Waals surface area contributed by atoms with Crippen molar-refractivity contribution in [2.75, 3.05) is 11.1 Å². The monoisotopic (exact) mass is 353 g/mol. The SMILES string of the molecule is CC1=C[C@H](c2ccccc2Cl)c2c(nc3c(c2N)CC(C)(C)CC3)N1. The van der Waals surface area contributed by atoms with Crippen molar-refractivity contribution in [3.63, 3.8) is 0 Å². The molecule has 4 heteroatoms. The first-order chi connectivity index (χ1) is 11.9. The van der Waals surface area contributed by atoms with E-state index in [0.717, 1.165) is 58.3 Å². The summed E-state index contributed by atoms with van der Waals surface area (Å²) in [6.07, 6.45) is 5.31. The van der Waals surface area contributed by atoms with Gasteiger partial charge in [-0.05, 0) is 48.8 Å². The molecule has 2 heterocycles. The standard InChI is InChI=1S/C21H24ClN3/c1-12-10-14(13-6-4-5-7-16(13)22)18-19(23)15-11-21(2,3)9-8-17(15)25-20(18)24-12/h4-7,10,14H,8-9,11H2,1-3H3,(H3,23,24,25)/t14-/m1/s1. The maximum Gasteiger partial charge on any atom is 0.136 e. The van der Waals surface area contributed by atoms with Crippen LogP contribution in [0.2, 0.25) is 5.02 Å². The Hall–Kier alpha value is -2.00. The van der Waals surface area contributed by atoms with Gasteiger partial charge < -0.3 is 11.1 Å². The quantitative estimate of drug-likeness (QED) is 0.732. The van der Waals surface area contributed by atoms with Crippen LogP contribution in [0.3, 0.4) is 0 Å². The molecule has 0 saturated carbocycles. The molecule has 3 N–H and O–H groups in total. The molecular formula is C21H24ClN3. The molecule has 0 amide bonds. The molecule has 2 aromatic rings. The highest BCUT2D eigenvalue weighted by atomic mass is 35.5. The predicted molar refractivity (Wildman–Crippen MR) is 105 cm³/mol. The third-order valence-corrected chi connectivity index (χ3v) is 5.79. The highest BCUT2D eigenvalue weighted by Crippen LogP contribution is 2.46. The van der Waals surface area contributed by atoms with Crippen LogP contribution in [0.4, 0.5) is 11.5 Å². The number of nitrogens with zero attached hydrogens (tertiary/aromatic N) is 1. The second-order valence-corrected chi connectivity index (χ2v) is 8.44. The zero-order valence-electron chi connectivity index (χ0n) is 15.0. The van der Waals surface area contributed by atoms with Crippen molar-refractivity contribution in [2.24, 2.45) is 5.41 Å². The fourth-order valence-electron chi connectivity index (χ4n) is 4.08. The molecule has 0 fully saturated rings. The minimum absolute atomic E-state index is 0.0350. The van der Waals surface area contributed by atoms with Gasteiger partial charge in [-0.1, -0.05) is 49.7 Å². The number of halogens is 1. The number of benzene rings is 1. The van der Waals surface area contributed by atoms with E-state index < -0.39 is 0 Å². The van der Waals surface area contributed by atoms with Crippen molar-refractivity contribution in [1.29, 1.82) is 0 Å². The topological polar surface area (TPSA) is 50.9 Å². The molecule has 1 aliphatic carbocycles. The number of fused-ring (bicyclic) bond motifs is 2. The van der Waals surface area contributed by atoms with E-state index in [-0.39, 0.29) is 11.3 Å². The molecule has 0 unspecified atom stereocenters. The van der Waals surface area contributed by atoms with Gasteiger partial charge in [-0.3, -0.25) is 0 Å². The number of anilines is 2. The predicted octanol–water partition coefficient (Wildman–Crippen LogP) is 5.29. The van der Waals surface area contributed by atoms with E-state index in [1.165, 1.54) is 5.56 Å². The lowest BCUT2D eigenvalue weighted by molar-refractivity contribution is 0.313. The van der Waals surface area contributed by atoms with Crippen molar-refractivity contribution in [3.05, 3.63) is 63.4 Å². The van der Waals surface area contributed by atoms with Gasteiger partial charge in [0.15, 0.2) is 0 Å². The van der Waals surface area contributed by atoms with Gasteiger partial charge in [0, 0.05) is 33.6 Å². The summed E-state index contributed by atoms with van der Waals surface area (Å²) in [7, 11) is 0. The first kappa shape index (κ1) is 16.5. The van der Waals surface area contributed by atoms with E-state index in [4.69, 9.17) is 22.3 Å². The highest BCUT2D eigenvalue weighted by molar-refractivity contribution is 6.31. The summed E-state index contributed by atoms with van der Waals surface area (Å²) >= 11 is 6.50. The summed E-state index contributed by atoms with van der Waals surface area (Å²) in [6, 6.07) is 8.00. The average molecular weight is 354 g/mol. The molecule has 1 atom stereocenters. The molecule has 1 aromatic carbocycles. The highest BCUT2D eigenvalue weighted by Gasteiger charge is 2.33. The van der Waals surface area contributed by atoms with Crippen LogP contribution < -0.4 is 11.1 Å². The minimum atomic E-state index is 0.0350. The van der Waals surface area contributed by atoms with Crippen molar-refractivity contribution in [1.82, 2.24) is 4.98 Å². The number of aromatic nitrogens is 1. The molecule has 0 radical (unpaired) electrons. The van der Waals surface area contributed by atoms with E-state index in [2.05, 4.69) is 38.2 Å². The van der Waals surface area contributed by atoms with E-state index >= 15 is 0 Å². The normalized spacial score (nSPS) is 21.0. The van der Waals surface area contributed by atoms with Crippen LogP contribution in [-0.2, 0) is 12.8 Å². The number of allylic oxidation sites excluding steroid dienone is 2. The first-order valence-electron chi connectivity index (χ1n) is 8.87. The Morgan fingerprint density at radius 3 is 2.80 bits per heavy atom. The second-order valence-electron chi connectivity index (χ2n) is 8.03. The molecule has 0 bridgehead atoms. The summed E-state index contributed by atoms with van der Waals surface area (Å²) in [5.41, 5.74) is 13.5. The number of hydrogen-bond acceptors (Lipinski definition) is 3. The molecule has 1 aromatic heterocycles. The van der Waals surface area contributed by atoms with Crippen LogP contribution in [-0.4, -0.2) is 4.98 Å². The zero-order chi connectivity index (χ0) is 17.8.